The summed E-state index contributed by atoms with van der Waals surface area (Å²) in [7, 11) is 0. The van der Waals surface area contributed by atoms with Crippen molar-refractivity contribution < 1.29 is 4.79 Å². The molecule has 0 aliphatic heterocycles. The van der Waals surface area contributed by atoms with E-state index in [2.05, 4.69) is 69.6 Å². The molecular weight excluding hydrogens is 388 g/mol. The molecule has 28 heavy (non-hydrogen) atoms. The molecule has 0 saturated heterocycles. The van der Waals surface area contributed by atoms with E-state index in [1.54, 1.807) is 11.3 Å². The number of carbonyl (C=O) groups excluding carboxylic acids is 1. The molecular formula is C21H24N4OS2. The van der Waals surface area contributed by atoms with E-state index in [1.807, 2.05) is 6.07 Å². The molecule has 0 spiro atoms. The lowest BCUT2D eigenvalue weighted by Crippen LogP contribution is -2.29. The molecule has 0 radical (unpaired) electrons. The first kappa shape index (κ1) is 19.2. The fourth-order valence-corrected chi connectivity index (χ4v) is 4.72. The maximum absolute atomic E-state index is 12.6. The second-order valence-electron chi connectivity index (χ2n) is 7.11. The van der Waals surface area contributed by atoms with Crippen LogP contribution in [-0.4, -0.2) is 26.4 Å². The third kappa shape index (κ3) is 4.31. The average Bonchev–Trinajstić information content (AvgIpc) is 3.22. The molecule has 4 rings (SSSR count). The van der Waals surface area contributed by atoms with Crippen LogP contribution in [0.5, 0.6) is 0 Å². The van der Waals surface area contributed by atoms with Gasteiger partial charge >= 0.3 is 0 Å². The Bertz CT molecular complexity index is 930. The third-order valence-electron chi connectivity index (χ3n) is 4.87. The number of hydrogen-bond donors (Lipinski definition) is 1. The van der Waals surface area contributed by atoms with Gasteiger partial charge < -0.3 is 5.32 Å². The number of carbonyl (C=O) groups is 1. The molecule has 146 valence electrons. The summed E-state index contributed by atoms with van der Waals surface area (Å²) in [6.07, 6.45) is 3.17. The fourth-order valence-electron chi connectivity index (χ4n) is 3.20. The number of aromatic nitrogens is 3. The van der Waals surface area contributed by atoms with E-state index in [0.29, 0.717) is 11.8 Å². The molecule has 1 aromatic carbocycles. The Kier molecular flexibility index (Phi) is 5.82. The number of hydrogen-bond acceptors (Lipinski definition) is 5. The van der Waals surface area contributed by atoms with Gasteiger partial charge in [0.2, 0.25) is 5.91 Å². The maximum atomic E-state index is 12.6. The SMILES string of the molecule is CC[C@H](NC(=O)CSc1nnc(-c2cccs2)n1C1CC1)c1ccc(C)cc1. The fraction of sp³-hybridized carbons (Fsp3) is 0.381. The molecule has 1 atom stereocenters. The van der Waals surface area contributed by atoms with Crippen molar-refractivity contribution in [1.82, 2.24) is 20.1 Å². The summed E-state index contributed by atoms with van der Waals surface area (Å²) in [4.78, 5) is 13.7. The summed E-state index contributed by atoms with van der Waals surface area (Å²) in [5.74, 6) is 1.30. The zero-order valence-corrected chi connectivity index (χ0v) is 17.7. The molecule has 3 aromatic rings. The van der Waals surface area contributed by atoms with Crippen LogP contribution in [0.3, 0.4) is 0 Å². The summed E-state index contributed by atoms with van der Waals surface area (Å²) in [5, 5.41) is 14.8. The Labute approximate surface area is 173 Å². The Morgan fingerprint density at radius 2 is 2.07 bits per heavy atom. The van der Waals surface area contributed by atoms with Gasteiger partial charge in [0.15, 0.2) is 11.0 Å². The molecule has 1 N–H and O–H groups in total. The highest BCUT2D eigenvalue weighted by atomic mass is 32.2. The number of aryl methyl sites for hydroxylation is 1. The molecule has 2 aromatic heterocycles. The van der Waals surface area contributed by atoms with E-state index < -0.39 is 0 Å². The van der Waals surface area contributed by atoms with Crippen LogP contribution in [0.4, 0.5) is 0 Å². The minimum Gasteiger partial charge on any atom is -0.349 e. The highest BCUT2D eigenvalue weighted by Gasteiger charge is 2.30. The molecule has 7 heteroatoms. The number of benzene rings is 1. The third-order valence-corrected chi connectivity index (χ3v) is 6.68. The first-order valence-electron chi connectivity index (χ1n) is 9.63. The van der Waals surface area contributed by atoms with Crippen LogP contribution in [0.25, 0.3) is 10.7 Å². The molecule has 1 amide bonds. The van der Waals surface area contributed by atoms with Gasteiger partial charge in [-0.3, -0.25) is 9.36 Å². The van der Waals surface area contributed by atoms with Crippen LogP contribution in [0, 0.1) is 6.92 Å². The van der Waals surface area contributed by atoms with Gasteiger partial charge in [0.25, 0.3) is 0 Å². The highest BCUT2D eigenvalue weighted by molar-refractivity contribution is 7.99. The Balaban J connectivity index is 1.41. The zero-order valence-electron chi connectivity index (χ0n) is 16.1. The summed E-state index contributed by atoms with van der Waals surface area (Å²) >= 11 is 3.14. The lowest BCUT2D eigenvalue weighted by Gasteiger charge is -2.17. The predicted molar refractivity (Wildman–Crippen MR) is 115 cm³/mol. The van der Waals surface area contributed by atoms with Gasteiger partial charge in [-0.15, -0.1) is 21.5 Å². The molecule has 1 aliphatic carbocycles. The number of thioether (sulfide) groups is 1. The number of rotatable bonds is 8. The van der Waals surface area contributed by atoms with Crippen molar-refractivity contribution in [3.8, 4) is 10.7 Å². The van der Waals surface area contributed by atoms with Gasteiger partial charge in [0, 0.05) is 6.04 Å². The van der Waals surface area contributed by atoms with Crippen molar-refractivity contribution >= 4 is 29.0 Å². The van der Waals surface area contributed by atoms with Crippen molar-refractivity contribution in [1.29, 1.82) is 0 Å². The molecule has 0 unspecified atom stereocenters. The Morgan fingerprint density at radius 3 is 2.71 bits per heavy atom. The molecule has 0 bridgehead atoms. The van der Waals surface area contributed by atoms with Crippen molar-refractivity contribution in [2.24, 2.45) is 0 Å². The van der Waals surface area contributed by atoms with Crippen molar-refractivity contribution in [3.63, 3.8) is 0 Å². The molecule has 1 fully saturated rings. The van der Waals surface area contributed by atoms with Gasteiger partial charge in [-0.05, 0) is 43.2 Å². The van der Waals surface area contributed by atoms with Crippen molar-refractivity contribution in [2.45, 2.75) is 50.4 Å². The lowest BCUT2D eigenvalue weighted by atomic mass is 10.0. The Morgan fingerprint density at radius 1 is 1.29 bits per heavy atom. The lowest BCUT2D eigenvalue weighted by molar-refractivity contribution is -0.119. The first-order chi connectivity index (χ1) is 13.7. The van der Waals surface area contributed by atoms with Gasteiger partial charge in [-0.1, -0.05) is 54.6 Å². The van der Waals surface area contributed by atoms with E-state index in [1.165, 1.54) is 17.3 Å². The number of thiophene rings is 1. The van der Waals surface area contributed by atoms with Gasteiger partial charge in [0.05, 0.1) is 16.7 Å². The second-order valence-corrected chi connectivity index (χ2v) is 9.00. The van der Waals surface area contributed by atoms with Crippen LogP contribution in [0.1, 0.15) is 49.4 Å². The second kappa shape index (κ2) is 8.49. The minimum absolute atomic E-state index is 0.0282. The van der Waals surface area contributed by atoms with E-state index in [9.17, 15) is 4.79 Å². The first-order valence-corrected chi connectivity index (χ1v) is 11.5. The molecule has 5 nitrogen and oxygen atoms in total. The van der Waals surface area contributed by atoms with Crippen LogP contribution >= 0.6 is 23.1 Å². The van der Waals surface area contributed by atoms with Crippen molar-refractivity contribution in [3.05, 3.63) is 52.9 Å². The summed E-state index contributed by atoms with van der Waals surface area (Å²) in [5.41, 5.74) is 2.37. The highest BCUT2D eigenvalue weighted by Crippen LogP contribution is 2.41. The van der Waals surface area contributed by atoms with Crippen molar-refractivity contribution in [2.75, 3.05) is 5.75 Å². The van der Waals surface area contributed by atoms with E-state index in [-0.39, 0.29) is 11.9 Å². The number of nitrogens with zero attached hydrogens (tertiary/aromatic N) is 3. The summed E-state index contributed by atoms with van der Waals surface area (Å²) < 4.78 is 2.21. The van der Waals surface area contributed by atoms with Crippen LogP contribution < -0.4 is 5.32 Å². The normalized spacial score (nSPS) is 14.8. The Hall–Kier alpha value is -2.12. The smallest absolute Gasteiger partial charge is 0.230 e. The number of amides is 1. The minimum atomic E-state index is 0.0282. The van der Waals surface area contributed by atoms with Gasteiger partial charge in [-0.25, -0.2) is 0 Å². The molecule has 1 aliphatic rings. The van der Waals surface area contributed by atoms with E-state index >= 15 is 0 Å². The van der Waals surface area contributed by atoms with Crippen LogP contribution in [0.15, 0.2) is 46.9 Å². The molecule has 1 saturated carbocycles. The van der Waals surface area contributed by atoms with Gasteiger partial charge in [0.1, 0.15) is 0 Å². The molecule has 2 heterocycles. The van der Waals surface area contributed by atoms with Gasteiger partial charge in [-0.2, -0.15) is 0 Å². The van der Waals surface area contributed by atoms with Crippen LogP contribution in [0.2, 0.25) is 0 Å². The largest absolute Gasteiger partial charge is 0.349 e. The topological polar surface area (TPSA) is 59.8 Å². The maximum Gasteiger partial charge on any atom is 0.230 e. The summed E-state index contributed by atoms with van der Waals surface area (Å²) in [6, 6.07) is 13.0. The summed E-state index contributed by atoms with van der Waals surface area (Å²) in [6.45, 7) is 4.16. The quantitative estimate of drug-likeness (QED) is 0.528. The van der Waals surface area contributed by atoms with E-state index in [4.69, 9.17) is 0 Å². The average molecular weight is 413 g/mol. The number of nitrogens with one attached hydrogen (secondary N) is 1. The predicted octanol–water partition coefficient (Wildman–Crippen LogP) is 5.01. The zero-order chi connectivity index (χ0) is 19.5. The van der Waals surface area contributed by atoms with Crippen LogP contribution in [-0.2, 0) is 4.79 Å². The monoisotopic (exact) mass is 412 g/mol. The standard InChI is InChI=1S/C21H24N4OS2/c1-3-17(15-8-6-14(2)7-9-15)22-19(26)13-28-21-24-23-20(18-5-4-12-27-18)25(21)16-10-11-16/h4-9,12,16-17H,3,10-11,13H2,1-2H3,(H,22,26)/t17-/m0/s1. The van der Waals surface area contributed by atoms with E-state index in [0.717, 1.165) is 40.7 Å².